The summed E-state index contributed by atoms with van der Waals surface area (Å²) in [6.07, 6.45) is 11.6. The van der Waals surface area contributed by atoms with Crippen LogP contribution in [0.15, 0.2) is 30.1 Å². The lowest BCUT2D eigenvalue weighted by atomic mass is 9.97. The van der Waals surface area contributed by atoms with Crippen LogP contribution in [0.5, 0.6) is 0 Å². The number of carbonyl (C=O) groups excluding carboxylic acids is 1. The summed E-state index contributed by atoms with van der Waals surface area (Å²) in [5.41, 5.74) is 2.98. The van der Waals surface area contributed by atoms with Crippen molar-refractivity contribution in [2.24, 2.45) is 0 Å². The predicted octanol–water partition coefficient (Wildman–Crippen LogP) is 2.45. The van der Waals surface area contributed by atoms with Crippen molar-refractivity contribution in [3.8, 4) is 0 Å². The monoisotopic (exact) mass is 358 g/mol. The molecule has 1 fully saturated rings. The molecule has 1 saturated heterocycles. The lowest BCUT2D eigenvalue weighted by Crippen LogP contribution is -2.39. The molecule has 0 radical (unpaired) electrons. The fourth-order valence-electron chi connectivity index (χ4n) is 3.41. The molecule has 26 heavy (non-hydrogen) atoms. The molecule has 1 amide bonds. The van der Waals surface area contributed by atoms with Gasteiger partial charge < -0.3 is 15.4 Å². The molecule has 0 atom stereocenters. The van der Waals surface area contributed by atoms with Gasteiger partial charge in [0.2, 0.25) is 0 Å². The Kier molecular flexibility index (Phi) is 7.46. The topological polar surface area (TPSA) is 66.5 Å². The molecule has 0 aromatic carbocycles. The van der Waals surface area contributed by atoms with Gasteiger partial charge in [0.05, 0.1) is 24.5 Å². The maximum atomic E-state index is 12.3. The molecule has 2 heterocycles. The van der Waals surface area contributed by atoms with Crippen molar-refractivity contribution in [3.63, 3.8) is 0 Å². The van der Waals surface area contributed by atoms with E-state index < -0.39 is 0 Å². The van der Waals surface area contributed by atoms with E-state index in [0.29, 0.717) is 12.1 Å². The Morgan fingerprint density at radius 3 is 2.88 bits per heavy atom. The molecule has 3 rings (SSSR count). The molecular formula is C20H30N4O2. The lowest BCUT2D eigenvalue weighted by molar-refractivity contribution is 0.0398. The maximum absolute atomic E-state index is 12.3. The molecule has 6 heteroatoms. The van der Waals surface area contributed by atoms with Crippen LogP contribution in [0, 0.1) is 0 Å². The molecular weight excluding hydrogens is 328 g/mol. The van der Waals surface area contributed by atoms with E-state index in [4.69, 9.17) is 4.74 Å². The third-order valence-corrected chi connectivity index (χ3v) is 4.98. The first-order chi connectivity index (χ1) is 12.8. The number of amides is 1. The minimum atomic E-state index is -0.0502. The number of nitrogens with one attached hydrogen (secondary N) is 2. The van der Waals surface area contributed by atoms with Crippen molar-refractivity contribution in [3.05, 3.63) is 35.7 Å². The molecule has 2 aliphatic rings. The minimum Gasteiger partial charge on any atom is -0.382 e. The quantitative estimate of drug-likeness (QED) is 0.699. The average molecular weight is 358 g/mol. The fraction of sp³-hybridized carbons (Fsp3) is 0.600. The summed E-state index contributed by atoms with van der Waals surface area (Å²) in [6.45, 7) is 6.09. The van der Waals surface area contributed by atoms with Crippen LogP contribution in [-0.2, 0) is 4.74 Å². The molecule has 2 N–H and O–H groups in total. The molecule has 142 valence electrons. The number of pyridine rings is 1. The van der Waals surface area contributed by atoms with Crippen LogP contribution in [0.3, 0.4) is 0 Å². The van der Waals surface area contributed by atoms with Gasteiger partial charge in [-0.15, -0.1) is 0 Å². The SMILES string of the molecule is O=C(NCCC1=CCCCC1)c1cncc(NCCN2CCOCC2)c1. The summed E-state index contributed by atoms with van der Waals surface area (Å²) in [6, 6.07) is 1.88. The van der Waals surface area contributed by atoms with Gasteiger partial charge in [0.25, 0.3) is 5.91 Å². The molecule has 1 aliphatic heterocycles. The Labute approximate surface area is 156 Å². The summed E-state index contributed by atoms with van der Waals surface area (Å²) in [4.78, 5) is 18.9. The van der Waals surface area contributed by atoms with Crippen molar-refractivity contribution in [2.45, 2.75) is 32.1 Å². The first kappa shape index (κ1) is 18.9. The smallest absolute Gasteiger partial charge is 0.252 e. The van der Waals surface area contributed by atoms with Gasteiger partial charge in [-0.05, 0) is 38.2 Å². The van der Waals surface area contributed by atoms with Crippen molar-refractivity contribution in [1.29, 1.82) is 0 Å². The highest BCUT2D eigenvalue weighted by Crippen LogP contribution is 2.19. The molecule has 0 unspecified atom stereocenters. The van der Waals surface area contributed by atoms with Gasteiger partial charge >= 0.3 is 0 Å². The van der Waals surface area contributed by atoms with Crippen LogP contribution in [0.2, 0.25) is 0 Å². The summed E-state index contributed by atoms with van der Waals surface area (Å²) in [7, 11) is 0. The number of nitrogens with zero attached hydrogens (tertiary/aromatic N) is 2. The molecule has 1 aromatic rings. The molecule has 1 aliphatic carbocycles. The van der Waals surface area contributed by atoms with E-state index in [-0.39, 0.29) is 5.91 Å². The van der Waals surface area contributed by atoms with Gasteiger partial charge in [-0.3, -0.25) is 14.7 Å². The Bertz CT molecular complexity index is 612. The number of hydrogen-bond donors (Lipinski definition) is 2. The Hall–Kier alpha value is -1.92. The highest BCUT2D eigenvalue weighted by atomic mass is 16.5. The van der Waals surface area contributed by atoms with Crippen LogP contribution in [-0.4, -0.2) is 61.7 Å². The molecule has 0 saturated carbocycles. The van der Waals surface area contributed by atoms with E-state index in [2.05, 4.69) is 26.6 Å². The van der Waals surface area contributed by atoms with Crippen molar-refractivity contribution < 1.29 is 9.53 Å². The summed E-state index contributed by atoms with van der Waals surface area (Å²) < 4.78 is 5.36. The van der Waals surface area contributed by atoms with Gasteiger partial charge in [-0.1, -0.05) is 11.6 Å². The number of allylic oxidation sites excluding steroid dienone is 1. The summed E-state index contributed by atoms with van der Waals surface area (Å²) in [5, 5.41) is 6.37. The largest absolute Gasteiger partial charge is 0.382 e. The molecule has 1 aromatic heterocycles. The Morgan fingerprint density at radius 2 is 2.08 bits per heavy atom. The predicted molar refractivity (Wildman–Crippen MR) is 103 cm³/mol. The van der Waals surface area contributed by atoms with Gasteiger partial charge in [0.15, 0.2) is 0 Å². The van der Waals surface area contributed by atoms with Crippen LogP contribution in [0.4, 0.5) is 5.69 Å². The number of morpholine rings is 1. The van der Waals surface area contributed by atoms with Gasteiger partial charge in [0.1, 0.15) is 0 Å². The highest BCUT2D eigenvalue weighted by molar-refractivity contribution is 5.94. The zero-order valence-corrected chi connectivity index (χ0v) is 15.5. The average Bonchev–Trinajstić information content (AvgIpc) is 2.70. The number of anilines is 1. The van der Waals surface area contributed by atoms with E-state index in [0.717, 1.165) is 51.5 Å². The lowest BCUT2D eigenvalue weighted by Gasteiger charge is -2.26. The molecule has 6 nitrogen and oxygen atoms in total. The summed E-state index contributed by atoms with van der Waals surface area (Å²) >= 11 is 0. The highest BCUT2D eigenvalue weighted by Gasteiger charge is 2.10. The van der Waals surface area contributed by atoms with Crippen LogP contribution >= 0.6 is 0 Å². The normalized spacial score (nSPS) is 18.2. The third-order valence-electron chi connectivity index (χ3n) is 4.98. The molecule has 0 spiro atoms. The Balaban J connectivity index is 1.40. The van der Waals surface area contributed by atoms with Crippen molar-refractivity contribution >= 4 is 11.6 Å². The van der Waals surface area contributed by atoms with Crippen LogP contribution in [0.25, 0.3) is 0 Å². The first-order valence-corrected chi connectivity index (χ1v) is 9.76. The summed E-state index contributed by atoms with van der Waals surface area (Å²) in [5.74, 6) is -0.0502. The van der Waals surface area contributed by atoms with E-state index >= 15 is 0 Å². The second-order valence-electron chi connectivity index (χ2n) is 6.96. The second-order valence-corrected chi connectivity index (χ2v) is 6.96. The van der Waals surface area contributed by atoms with Crippen LogP contribution in [0.1, 0.15) is 42.5 Å². The zero-order chi connectivity index (χ0) is 18.0. The standard InChI is InChI=1S/C20H30N4O2/c25-20(23-7-6-17-4-2-1-3-5-17)18-14-19(16-21-15-18)22-8-9-24-10-12-26-13-11-24/h4,14-16,22H,1-3,5-13H2,(H,23,25). The van der Waals surface area contributed by atoms with Gasteiger partial charge in [-0.2, -0.15) is 0 Å². The Morgan fingerprint density at radius 1 is 1.19 bits per heavy atom. The molecule has 0 bridgehead atoms. The minimum absolute atomic E-state index is 0.0502. The number of hydrogen-bond acceptors (Lipinski definition) is 5. The van der Waals surface area contributed by atoms with Gasteiger partial charge in [-0.25, -0.2) is 0 Å². The first-order valence-electron chi connectivity index (χ1n) is 9.76. The van der Waals surface area contributed by atoms with Crippen LogP contribution < -0.4 is 10.6 Å². The van der Waals surface area contributed by atoms with E-state index in [1.54, 1.807) is 12.4 Å². The zero-order valence-electron chi connectivity index (χ0n) is 15.5. The van der Waals surface area contributed by atoms with Gasteiger partial charge in [0, 0.05) is 45.1 Å². The second kappa shape index (κ2) is 10.3. The van der Waals surface area contributed by atoms with E-state index in [9.17, 15) is 4.79 Å². The maximum Gasteiger partial charge on any atom is 0.252 e. The third kappa shape index (κ3) is 6.11. The number of ether oxygens (including phenoxy) is 1. The van der Waals surface area contributed by atoms with E-state index in [1.807, 2.05) is 6.07 Å². The fourth-order valence-corrected chi connectivity index (χ4v) is 3.41. The van der Waals surface area contributed by atoms with Crippen molar-refractivity contribution in [1.82, 2.24) is 15.2 Å². The number of rotatable bonds is 8. The van der Waals surface area contributed by atoms with E-state index in [1.165, 1.54) is 31.3 Å². The number of aromatic nitrogens is 1. The van der Waals surface area contributed by atoms with Crippen molar-refractivity contribution in [2.75, 3.05) is 51.3 Å². The number of carbonyl (C=O) groups is 1.